The van der Waals surface area contributed by atoms with E-state index in [0.29, 0.717) is 19.0 Å². The first-order valence-electron chi connectivity index (χ1n) is 9.54. The molecule has 1 fully saturated rings. The Morgan fingerprint density at radius 3 is 2.69 bits per heavy atom. The number of nitrogens with zero attached hydrogens (tertiary/aromatic N) is 3. The lowest BCUT2D eigenvalue weighted by molar-refractivity contribution is -0.120. The highest BCUT2D eigenvalue weighted by Gasteiger charge is 2.26. The van der Waals surface area contributed by atoms with Crippen LogP contribution in [0.15, 0.2) is 9.59 Å². The molecule has 146 valence electrons. The number of amides is 1. The Morgan fingerprint density at radius 2 is 2.08 bits per heavy atom. The number of nitrogens with two attached hydrogens (primary N) is 1. The van der Waals surface area contributed by atoms with Crippen LogP contribution in [0.5, 0.6) is 0 Å². The van der Waals surface area contributed by atoms with Gasteiger partial charge < -0.3 is 10.6 Å². The van der Waals surface area contributed by atoms with Crippen LogP contribution in [-0.2, 0) is 11.3 Å². The number of likely N-dealkylation sites (tertiary alicyclic amines) is 1. The molecule has 1 aliphatic rings. The first-order valence-corrected chi connectivity index (χ1v) is 9.54. The lowest BCUT2D eigenvalue weighted by Gasteiger charge is -2.32. The van der Waals surface area contributed by atoms with Crippen molar-refractivity contribution >= 4 is 17.4 Å². The quantitative estimate of drug-likeness (QED) is 0.750. The van der Waals surface area contributed by atoms with Gasteiger partial charge in [-0.25, -0.2) is 4.79 Å². The largest absolute Gasteiger partial charge is 0.383 e. The average Bonchev–Trinajstić information content (AvgIpc) is 2.58. The summed E-state index contributed by atoms with van der Waals surface area (Å²) in [5, 5.41) is 0. The number of carbonyl (C=O) groups is 1. The van der Waals surface area contributed by atoms with Gasteiger partial charge in [0.05, 0.1) is 6.54 Å². The fourth-order valence-corrected chi connectivity index (χ4v) is 3.54. The van der Waals surface area contributed by atoms with Gasteiger partial charge in [-0.2, -0.15) is 0 Å². The van der Waals surface area contributed by atoms with Crippen molar-refractivity contribution < 1.29 is 4.79 Å². The molecule has 3 N–H and O–H groups in total. The van der Waals surface area contributed by atoms with Gasteiger partial charge in [0.15, 0.2) is 5.69 Å². The van der Waals surface area contributed by atoms with E-state index < -0.39 is 11.2 Å². The molecule has 0 saturated carbocycles. The predicted octanol–water partition coefficient (Wildman–Crippen LogP) is 1.00. The summed E-state index contributed by atoms with van der Waals surface area (Å²) in [6.07, 6.45) is 3.91. The number of aromatic nitrogens is 2. The topological polar surface area (TPSA) is 104 Å². The molecule has 1 aliphatic heterocycles. The number of unbranched alkanes of at least 4 members (excludes halogenated alkanes) is 1. The van der Waals surface area contributed by atoms with Gasteiger partial charge in [-0.3, -0.25) is 24.0 Å². The number of anilines is 2. The summed E-state index contributed by atoms with van der Waals surface area (Å²) in [5.41, 5.74) is 5.07. The molecule has 1 aromatic heterocycles. The van der Waals surface area contributed by atoms with Gasteiger partial charge in [0.25, 0.3) is 5.56 Å². The van der Waals surface area contributed by atoms with Gasteiger partial charge in [-0.05, 0) is 38.6 Å². The number of nitrogens with one attached hydrogen (secondary N) is 1. The highest BCUT2D eigenvalue weighted by atomic mass is 16.2. The molecule has 2 heterocycles. The van der Waals surface area contributed by atoms with Crippen molar-refractivity contribution in [2.75, 3.05) is 36.8 Å². The fraction of sp³-hybridized carbons (Fsp3) is 0.722. The molecule has 0 aliphatic carbocycles. The zero-order valence-electron chi connectivity index (χ0n) is 16.1. The number of nitrogen functional groups attached to an aromatic ring is 1. The number of likely N-dealkylation sites (N-methyl/N-ethyl adjacent to an activating group) is 1. The lowest BCUT2D eigenvalue weighted by atomic mass is 10.0. The number of rotatable bonds is 7. The Kier molecular flexibility index (Phi) is 7.02. The van der Waals surface area contributed by atoms with Crippen molar-refractivity contribution in [2.45, 2.75) is 53.0 Å². The van der Waals surface area contributed by atoms with E-state index in [4.69, 9.17) is 5.73 Å². The summed E-state index contributed by atoms with van der Waals surface area (Å²) in [6.45, 7) is 8.75. The van der Waals surface area contributed by atoms with Gasteiger partial charge in [0, 0.05) is 19.6 Å². The molecule has 2 rings (SSSR count). The molecule has 1 atom stereocenters. The van der Waals surface area contributed by atoms with E-state index in [1.807, 2.05) is 6.92 Å². The molecule has 1 saturated heterocycles. The Balaban J connectivity index is 2.29. The van der Waals surface area contributed by atoms with Crippen molar-refractivity contribution in [3.63, 3.8) is 0 Å². The standard InChI is InChI=1S/C18H31N5O3/c1-4-6-10-23-16(19)15(17(25)20-18(23)26)22(5-2)14(24)12-21-9-7-8-13(3)11-21/h13H,4-12,19H2,1-3H3,(H,20,25,26)/t13-/m1/s1. The summed E-state index contributed by atoms with van der Waals surface area (Å²) in [5.74, 6) is 0.463. The first-order chi connectivity index (χ1) is 12.4. The van der Waals surface area contributed by atoms with E-state index in [1.165, 1.54) is 15.9 Å². The highest BCUT2D eigenvalue weighted by Crippen LogP contribution is 2.19. The molecule has 0 bridgehead atoms. The fourth-order valence-electron chi connectivity index (χ4n) is 3.54. The van der Waals surface area contributed by atoms with E-state index in [-0.39, 0.29) is 24.0 Å². The SMILES string of the molecule is CCCCn1c(N)c(N(CC)C(=O)CN2CCC[C@@H](C)C2)c(=O)[nH]c1=O. The average molecular weight is 365 g/mol. The third-order valence-electron chi connectivity index (χ3n) is 4.94. The monoisotopic (exact) mass is 365 g/mol. The molecule has 1 aromatic rings. The highest BCUT2D eigenvalue weighted by molar-refractivity contribution is 5.96. The minimum absolute atomic E-state index is 0.0643. The van der Waals surface area contributed by atoms with E-state index in [2.05, 4.69) is 16.8 Å². The van der Waals surface area contributed by atoms with Gasteiger partial charge in [0.2, 0.25) is 5.91 Å². The van der Waals surface area contributed by atoms with Crippen LogP contribution in [0.2, 0.25) is 0 Å². The van der Waals surface area contributed by atoms with Crippen LogP contribution in [0.3, 0.4) is 0 Å². The number of hydrogen-bond donors (Lipinski definition) is 2. The number of piperidine rings is 1. The number of H-pyrrole nitrogens is 1. The van der Waals surface area contributed by atoms with Crippen LogP contribution in [0.1, 0.15) is 46.5 Å². The normalized spacial score (nSPS) is 18.0. The van der Waals surface area contributed by atoms with Crippen LogP contribution >= 0.6 is 0 Å². The third kappa shape index (κ3) is 4.55. The zero-order valence-corrected chi connectivity index (χ0v) is 16.1. The van der Waals surface area contributed by atoms with Crippen molar-refractivity contribution in [1.82, 2.24) is 14.5 Å². The molecular weight excluding hydrogens is 334 g/mol. The molecule has 0 spiro atoms. The number of carbonyl (C=O) groups excluding carboxylic acids is 1. The lowest BCUT2D eigenvalue weighted by Crippen LogP contribution is -2.47. The summed E-state index contributed by atoms with van der Waals surface area (Å²) in [4.78, 5) is 43.1. The summed E-state index contributed by atoms with van der Waals surface area (Å²) < 4.78 is 1.35. The molecule has 8 nitrogen and oxygen atoms in total. The molecule has 8 heteroatoms. The van der Waals surface area contributed by atoms with Gasteiger partial charge in [0.1, 0.15) is 5.82 Å². The minimum Gasteiger partial charge on any atom is -0.383 e. The van der Waals surface area contributed by atoms with Crippen LogP contribution < -0.4 is 21.9 Å². The molecular formula is C18H31N5O3. The zero-order chi connectivity index (χ0) is 19.3. The minimum atomic E-state index is -0.609. The Bertz CT molecular complexity index is 739. The maximum atomic E-state index is 12.9. The van der Waals surface area contributed by atoms with Crippen LogP contribution in [0, 0.1) is 5.92 Å². The van der Waals surface area contributed by atoms with Crippen molar-refractivity contribution in [1.29, 1.82) is 0 Å². The van der Waals surface area contributed by atoms with Crippen molar-refractivity contribution in [3.8, 4) is 0 Å². The van der Waals surface area contributed by atoms with Crippen molar-refractivity contribution in [2.24, 2.45) is 5.92 Å². The van der Waals surface area contributed by atoms with Gasteiger partial charge in [-0.1, -0.05) is 20.3 Å². The van der Waals surface area contributed by atoms with E-state index in [9.17, 15) is 14.4 Å². The van der Waals surface area contributed by atoms with Crippen LogP contribution in [0.4, 0.5) is 11.5 Å². The van der Waals surface area contributed by atoms with Crippen LogP contribution in [-0.4, -0.2) is 46.5 Å². The second-order valence-electron chi connectivity index (χ2n) is 7.12. The van der Waals surface area contributed by atoms with Crippen LogP contribution in [0.25, 0.3) is 0 Å². The smallest absolute Gasteiger partial charge is 0.330 e. The third-order valence-corrected chi connectivity index (χ3v) is 4.94. The van der Waals surface area contributed by atoms with E-state index >= 15 is 0 Å². The number of hydrogen-bond acceptors (Lipinski definition) is 5. The molecule has 0 aromatic carbocycles. The second-order valence-corrected chi connectivity index (χ2v) is 7.12. The Morgan fingerprint density at radius 1 is 1.35 bits per heavy atom. The Labute approximate surface area is 154 Å². The summed E-state index contributed by atoms with van der Waals surface area (Å²) >= 11 is 0. The molecule has 0 radical (unpaired) electrons. The van der Waals surface area contributed by atoms with Gasteiger partial charge >= 0.3 is 5.69 Å². The predicted molar refractivity (Wildman–Crippen MR) is 104 cm³/mol. The second kappa shape index (κ2) is 9.02. The number of aromatic amines is 1. The molecule has 26 heavy (non-hydrogen) atoms. The molecule has 1 amide bonds. The Hall–Kier alpha value is -2.09. The van der Waals surface area contributed by atoms with E-state index in [0.717, 1.165) is 32.4 Å². The van der Waals surface area contributed by atoms with E-state index in [1.54, 1.807) is 6.92 Å². The maximum absolute atomic E-state index is 12.9. The summed E-state index contributed by atoms with van der Waals surface area (Å²) in [6, 6.07) is 0. The van der Waals surface area contributed by atoms with Gasteiger partial charge in [-0.15, -0.1) is 0 Å². The van der Waals surface area contributed by atoms with Crippen molar-refractivity contribution in [3.05, 3.63) is 20.8 Å². The molecule has 0 unspecified atom stereocenters. The summed E-state index contributed by atoms with van der Waals surface area (Å²) in [7, 11) is 0. The maximum Gasteiger partial charge on any atom is 0.330 e. The first kappa shape index (κ1) is 20.2.